The van der Waals surface area contributed by atoms with E-state index in [0.717, 1.165) is 19.6 Å². The van der Waals surface area contributed by atoms with Gasteiger partial charge in [0.15, 0.2) is 22.5 Å². The first-order valence-corrected chi connectivity index (χ1v) is 8.06. The first-order chi connectivity index (χ1) is 11.5. The number of halogens is 1. The zero-order chi connectivity index (χ0) is 17.1. The van der Waals surface area contributed by atoms with E-state index in [1.54, 1.807) is 4.90 Å². The monoisotopic (exact) mass is 346 g/mol. The highest BCUT2D eigenvalue weighted by molar-refractivity contribution is 6.31. The molecule has 4 N–H and O–H groups in total. The summed E-state index contributed by atoms with van der Waals surface area (Å²) in [5, 5.41) is -0.00439. The average Bonchev–Trinajstić information content (AvgIpc) is 2.59. The van der Waals surface area contributed by atoms with E-state index in [0.29, 0.717) is 13.1 Å². The Kier molecular flexibility index (Phi) is 4.82. The van der Waals surface area contributed by atoms with Gasteiger partial charge in [-0.15, -0.1) is 0 Å². The third-order valence-electron chi connectivity index (χ3n) is 4.02. The number of carbonyl (C=O) groups is 1. The van der Waals surface area contributed by atoms with Crippen LogP contribution >= 0.6 is 11.6 Å². The molecule has 1 aromatic carbocycles. The SMILES string of the molecule is Nc1nc(N)c(C(=O)N2CCN(Cc3ccccc3)CC2)nc1Cl. The van der Waals surface area contributed by atoms with Gasteiger partial charge in [0.05, 0.1) is 0 Å². The van der Waals surface area contributed by atoms with Gasteiger partial charge in [-0.3, -0.25) is 9.69 Å². The van der Waals surface area contributed by atoms with Crippen LogP contribution in [0.4, 0.5) is 11.6 Å². The van der Waals surface area contributed by atoms with Crippen LogP contribution in [0.15, 0.2) is 30.3 Å². The van der Waals surface area contributed by atoms with Crippen molar-refractivity contribution in [2.45, 2.75) is 6.54 Å². The number of nitrogen functional groups attached to an aromatic ring is 2. The normalized spacial score (nSPS) is 15.5. The molecule has 0 unspecified atom stereocenters. The molecule has 126 valence electrons. The molecular weight excluding hydrogens is 328 g/mol. The predicted octanol–water partition coefficient (Wildman–Crippen LogP) is 1.25. The van der Waals surface area contributed by atoms with Crippen LogP contribution in [0.1, 0.15) is 16.1 Å². The van der Waals surface area contributed by atoms with E-state index in [2.05, 4.69) is 27.0 Å². The molecule has 7 nitrogen and oxygen atoms in total. The molecule has 24 heavy (non-hydrogen) atoms. The molecule has 1 saturated heterocycles. The van der Waals surface area contributed by atoms with Crippen molar-refractivity contribution in [2.75, 3.05) is 37.6 Å². The summed E-state index contributed by atoms with van der Waals surface area (Å²) >= 11 is 5.85. The van der Waals surface area contributed by atoms with E-state index in [4.69, 9.17) is 23.1 Å². The van der Waals surface area contributed by atoms with E-state index in [1.165, 1.54) is 5.56 Å². The second-order valence-electron chi connectivity index (χ2n) is 5.69. The minimum Gasteiger partial charge on any atom is -0.382 e. The number of hydrogen-bond acceptors (Lipinski definition) is 6. The molecular formula is C16H19ClN6O. The third kappa shape index (κ3) is 3.58. The van der Waals surface area contributed by atoms with E-state index < -0.39 is 0 Å². The van der Waals surface area contributed by atoms with Gasteiger partial charge in [0.25, 0.3) is 5.91 Å². The average molecular weight is 347 g/mol. The van der Waals surface area contributed by atoms with Gasteiger partial charge in [-0.25, -0.2) is 9.97 Å². The Morgan fingerprint density at radius 2 is 1.71 bits per heavy atom. The van der Waals surface area contributed by atoms with Crippen LogP contribution in [0.2, 0.25) is 5.15 Å². The fourth-order valence-corrected chi connectivity index (χ4v) is 2.83. The van der Waals surface area contributed by atoms with Gasteiger partial charge >= 0.3 is 0 Å². The molecule has 0 bridgehead atoms. The summed E-state index contributed by atoms with van der Waals surface area (Å²) in [6.45, 7) is 3.66. The molecule has 3 rings (SSSR count). The Morgan fingerprint density at radius 3 is 2.38 bits per heavy atom. The van der Waals surface area contributed by atoms with Crippen molar-refractivity contribution in [1.82, 2.24) is 19.8 Å². The van der Waals surface area contributed by atoms with Crippen LogP contribution in [0.25, 0.3) is 0 Å². The number of amides is 1. The van der Waals surface area contributed by atoms with Crippen LogP contribution in [0, 0.1) is 0 Å². The highest BCUT2D eigenvalue weighted by Crippen LogP contribution is 2.19. The number of hydrogen-bond donors (Lipinski definition) is 2. The summed E-state index contributed by atoms with van der Waals surface area (Å²) in [6.07, 6.45) is 0. The summed E-state index contributed by atoms with van der Waals surface area (Å²) in [6, 6.07) is 10.3. The van der Waals surface area contributed by atoms with Crippen LogP contribution in [0.5, 0.6) is 0 Å². The molecule has 1 aromatic heterocycles. The van der Waals surface area contributed by atoms with E-state index in [1.807, 2.05) is 18.2 Å². The number of nitrogens with zero attached hydrogens (tertiary/aromatic N) is 4. The summed E-state index contributed by atoms with van der Waals surface area (Å²) in [4.78, 5) is 24.4. The quantitative estimate of drug-likeness (QED) is 0.867. The maximum Gasteiger partial charge on any atom is 0.276 e. The van der Waals surface area contributed by atoms with Gasteiger partial charge in [-0.1, -0.05) is 41.9 Å². The zero-order valence-corrected chi connectivity index (χ0v) is 13.9. The van der Waals surface area contributed by atoms with Gasteiger partial charge in [0.2, 0.25) is 0 Å². The van der Waals surface area contributed by atoms with Crippen LogP contribution in [0.3, 0.4) is 0 Å². The largest absolute Gasteiger partial charge is 0.382 e. The molecule has 1 aliphatic rings. The fraction of sp³-hybridized carbons (Fsp3) is 0.312. The van der Waals surface area contributed by atoms with Crippen molar-refractivity contribution >= 4 is 29.1 Å². The number of nitrogens with two attached hydrogens (primary N) is 2. The van der Waals surface area contributed by atoms with Gasteiger partial charge in [-0.2, -0.15) is 0 Å². The molecule has 0 spiro atoms. The molecule has 0 saturated carbocycles. The zero-order valence-electron chi connectivity index (χ0n) is 13.2. The molecule has 2 aromatic rings. The lowest BCUT2D eigenvalue weighted by Gasteiger charge is -2.34. The van der Waals surface area contributed by atoms with E-state index in [-0.39, 0.29) is 28.4 Å². The highest BCUT2D eigenvalue weighted by atomic mass is 35.5. The number of piperazine rings is 1. The smallest absolute Gasteiger partial charge is 0.276 e. The molecule has 1 fully saturated rings. The molecule has 0 atom stereocenters. The lowest BCUT2D eigenvalue weighted by molar-refractivity contribution is 0.0623. The van der Waals surface area contributed by atoms with E-state index in [9.17, 15) is 4.79 Å². The number of aromatic nitrogens is 2. The summed E-state index contributed by atoms with van der Waals surface area (Å²) in [7, 11) is 0. The van der Waals surface area contributed by atoms with Crippen molar-refractivity contribution in [1.29, 1.82) is 0 Å². The third-order valence-corrected chi connectivity index (χ3v) is 4.29. The lowest BCUT2D eigenvalue weighted by Crippen LogP contribution is -2.48. The standard InChI is InChI=1S/C16H19ClN6O/c17-13-15(19)21-14(18)12(20-13)16(24)23-8-6-22(7-9-23)10-11-4-2-1-3-5-11/h1-5H,6-10H2,(H4,18,19,21). The second kappa shape index (κ2) is 7.02. The minimum atomic E-state index is -0.263. The van der Waals surface area contributed by atoms with Gasteiger partial charge in [0, 0.05) is 32.7 Å². The number of benzene rings is 1. The number of rotatable bonds is 3. The van der Waals surface area contributed by atoms with Gasteiger partial charge < -0.3 is 16.4 Å². The Bertz CT molecular complexity index is 731. The number of carbonyl (C=O) groups excluding carboxylic acids is 1. The predicted molar refractivity (Wildman–Crippen MR) is 93.5 cm³/mol. The molecule has 1 aliphatic heterocycles. The van der Waals surface area contributed by atoms with Crippen LogP contribution < -0.4 is 11.5 Å². The molecule has 0 aliphatic carbocycles. The Labute approximate surface area is 145 Å². The topological polar surface area (TPSA) is 101 Å². The molecule has 1 amide bonds. The van der Waals surface area contributed by atoms with Crippen molar-refractivity contribution in [3.63, 3.8) is 0 Å². The first kappa shape index (κ1) is 16.5. The second-order valence-corrected chi connectivity index (χ2v) is 6.05. The van der Waals surface area contributed by atoms with Crippen LogP contribution in [-0.4, -0.2) is 51.9 Å². The Hall–Kier alpha value is -2.38. The minimum absolute atomic E-state index is 0.00439. The highest BCUT2D eigenvalue weighted by Gasteiger charge is 2.25. The molecule has 8 heteroatoms. The maximum absolute atomic E-state index is 12.6. The van der Waals surface area contributed by atoms with Gasteiger partial charge in [-0.05, 0) is 5.56 Å². The van der Waals surface area contributed by atoms with E-state index >= 15 is 0 Å². The molecule has 2 heterocycles. The van der Waals surface area contributed by atoms with Crippen LogP contribution in [-0.2, 0) is 6.54 Å². The Morgan fingerprint density at radius 1 is 1.04 bits per heavy atom. The van der Waals surface area contributed by atoms with Crippen molar-refractivity contribution < 1.29 is 4.79 Å². The first-order valence-electron chi connectivity index (χ1n) is 7.68. The van der Waals surface area contributed by atoms with Crippen molar-refractivity contribution in [2.24, 2.45) is 0 Å². The summed E-state index contributed by atoms with van der Waals surface area (Å²) < 4.78 is 0. The number of anilines is 2. The lowest BCUT2D eigenvalue weighted by atomic mass is 10.2. The molecule has 0 radical (unpaired) electrons. The Balaban J connectivity index is 1.62. The summed E-state index contributed by atoms with van der Waals surface area (Å²) in [5.74, 6) is -0.228. The van der Waals surface area contributed by atoms with Crippen molar-refractivity contribution in [3.05, 3.63) is 46.7 Å². The fourth-order valence-electron chi connectivity index (χ4n) is 2.70. The maximum atomic E-state index is 12.6. The van der Waals surface area contributed by atoms with Gasteiger partial charge in [0.1, 0.15) is 0 Å². The van der Waals surface area contributed by atoms with Crippen molar-refractivity contribution in [3.8, 4) is 0 Å². The summed E-state index contributed by atoms with van der Waals surface area (Å²) in [5.41, 5.74) is 12.6.